The van der Waals surface area contributed by atoms with E-state index in [2.05, 4.69) is 26.3 Å². The first-order chi connectivity index (χ1) is 17.8. The SMILES string of the molecule is CSC(NC(=O)CCCCCCCN/C(=N/C(=O)OC(C)(C)C)NC(=O)OC(C)(C)C)NC(=O)OC(C)(C)C. The number of unbranched alkanes of at least 4 members (excludes halogenated alkanes) is 4. The second kappa shape index (κ2) is 17.1. The number of thioether (sulfide) groups is 1. The summed E-state index contributed by atoms with van der Waals surface area (Å²) < 4.78 is 15.6. The molecule has 0 heterocycles. The Morgan fingerprint density at radius 1 is 0.718 bits per heavy atom. The summed E-state index contributed by atoms with van der Waals surface area (Å²) in [6.07, 6.45) is 4.06. The Kier molecular flexibility index (Phi) is 15.9. The summed E-state index contributed by atoms with van der Waals surface area (Å²) in [5.74, 6) is -0.193. The molecule has 0 bridgehead atoms. The quantitative estimate of drug-likeness (QED) is 0.0873. The molecule has 4 N–H and O–H groups in total. The van der Waals surface area contributed by atoms with E-state index in [1.807, 2.05) is 0 Å². The Morgan fingerprint density at radius 2 is 1.23 bits per heavy atom. The number of nitrogens with zero attached hydrogens (tertiary/aromatic N) is 1. The van der Waals surface area contributed by atoms with Crippen LogP contribution in [0.5, 0.6) is 0 Å². The van der Waals surface area contributed by atoms with Crippen molar-refractivity contribution < 1.29 is 33.4 Å². The summed E-state index contributed by atoms with van der Waals surface area (Å²) in [7, 11) is 0. The first-order valence-electron chi connectivity index (χ1n) is 13.2. The van der Waals surface area contributed by atoms with Gasteiger partial charge in [0.05, 0.1) is 0 Å². The standard InChI is InChI=1S/C26H49N5O7S/c1-24(2,3)36-21(33)29-19(30-22(34)37-25(4,5)6)27-17-15-13-11-12-14-16-18(32)28-20(39-10)31-23(35)38-26(7,8)9/h20H,11-17H2,1-10H3,(H,28,32)(H,31,35)(H2,27,29,30,33,34). The summed E-state index contributed by atoms with van der Waals surface area (Å²) in [4.78, 5) is 52.1. The highest BCUT2D eigenvalue weighted by Gasteiger charge is 2.21. The zero-order valence-corrected chi connectivity index (χ0v) is 26.1. The Labute approximate surface area is 237 Å². The third kappa shape index (κ3) is 22.9. The molecule has 0 aliphatic carbocycles. The minimum Gasteiger partial charge on any atom is -0.444 e. The molecule has 1 atom stereocenters. The number of alkyl carbamates (subject to hydrolysis) is 2. The van der Waals surface area contributed by atoms with E-state index in [1.54, 1.807) is 68.6 Å². The normalized spacial score (nSPS) is 13.1. The van der Waals surface area contributed by atoms with Gasteiger partial charge in [-0.3, -0.25) is 15.4 Å². The van der Waals surface area contributed by atoms with Crippen LogP contribution in [-0.2, 0) is 19.0 Å². The summed E-state index contributed by atoms with van der Waals surface area (Å²) in [6.45, 7) is 16.1. The molecular formula is C26H49N5O7S. The molecule has 0 spiro atoms. The molecule has 0 aromatic rings. The number of carbonyl (C=O) groups excluding carboxylic acids is 4. The highest BCUT2D eigenvalue weighted by atomic mass is 32.2. The van der Waals surface area contributed by atoms with E-state index < -0.39 is 40.6 Å². The van der Waals surface area contributed by atoms with Crippen LogP contribution < -0.4 is 21.3 Å². The number of hydrogen-bond donors (Lipinski definition) is 4. The fourth-order valence-electron chi connectivity index (χ4n) is 2.82. The van der Waals surface area contributed by atoms with Gasteiger partial charge in [0.25, 0.3) is 0 Å². The van der Waals surface area contributed by atoms with Crippen LogP contribution in [0.3, 0.4) is 0 Å². The lowest BCUT2D eigenvalue weighted by atomic mass is 10.1. The van der Waals surface area contributed by atoms with Crippen LogP contribution >= 0.6 is 11.8 Å². The van der Waals surface area contributed by atoms with Crippen LogP contribution in [0.15, 0.2) is 4.99 Å². The molecule has 12 nitrogen and oxygen atoms in total. The molecular weight excluding hydrogens is 526 g/mol. The summed E-state index contributed by atoms with van der Waals surface area (Å²) in [6, 6.07) is 0. The van der Waals surface area contributed by atoms with Gasteiger partial charge in [-0.2, -0.15) is 0 Å². The van der Waals surface area contributed by atoms with E-state index in [4.69, 9.17) is 14.2 Å². The molecule has 4 amide bonds. The predicted molar refractivity (Wildman–Crippen MR) is 154 cm³/mol. The van der Waals surface area contributed by atoms with Gasteiger partial charge in [-0.25, -0.2) is 14.4 Å². The summed E-state index contributed by atoms with van der Waals surface area (Å²) in [5, 5.41) is 10.8. The third-order valence-corrected chi connectivity index (χ3v) is 4.97. The Hall–Kier alpha value is -2.70. The average molecular weight is 576 g/mol. The lowest BCUT2D eigenvalue weighted by Crippen LogP contribution is -2.47. The van der Waals surface area contributed by atoms with Gasteiger partial charge in [-0.05, 0) is 81.4 Å². The molecule has 0 rings (SSSR count). The highest BCUT2D eigenvalue weighted by Crippen LogP contribution is 2.11. The van der Waals surface area contributed by atoms with Gasteiger partial charge in [0.2, 0.25) is 11.9 Å². The molecule has 1 unspecified atom stereocenters. The molecule has 13 heteroatoms. The Balaban J connectivity index is 4.43. The third-order valence-electron chi connectivity index (χ3n) is 4.26. The molecule has 226 valence electrons. The highest BCUT2D eigenvalue weighted by molar-refractivity contribution is 7.99. The van der Waals surface area contributed by atoms with Crippen molar-refractivity contribution in [2.45, 2.75) is 123 Å². The van der Waals surface area contributed by atoms with Crippen LogP contribution in [0.1, 0.15) is 101 Å². The van der Waals surface area contributed by atoms with E-state index in [9.17, 15) is 19.2 Å². The van der Waals surface area contributed by atoms with E-state index in [0.717, 1.165) is 25.7 Å². The van der Waals surface area contributed by atoms with Crippen LogP contribution in [0, 0.1) is 0 Å². The minimum atomic E-state index is -0.829. The monoisotopic (exact) mass is 575 g/mol. The first-order valence-corrected chi connectivity index (χ1v) is 14.5. The first kappa shape index (κ1) is 36.3. The molecule has 0 radical (unpaired) electrons. The zero-order valence-electron chi connectivity index (χ0n) is 25.2. The van der Waals surface area contributed by atoms with Crippen LogP contribution in [0.2, 0.25) is 0 Å². The van der Waals surface area contributed by atoms with Gasteiger partial charge in [-0.15, -0.1) is 16.8 Å². The van der Waals surface area contributed by atoms with Crippen molar-refractivity contribution in [1.29, 1.82) is 0 Å². The van der Waals surface area contributed by atoms with Crippen molar-refractivity contribution in [3.8, 4) is 0 Å². The van der Waals surface area contributed by atoms with Crippen molar-refractivity contribution in [1.82, 2.24) is 21.3 Å². The van der Waals surface area contributed by atoms with Crippen LogP contribution in [0.4, 0.5) is 14.4 Å². The maximum absolute atomic E-state index is 12.2. The van der Waals surface area contributed by atoms with Gasteiger partial charge in [0, 0.05) is 13.0 Å². The zero-order chi connectivity index (χ0) is 30.3. The van der Waals surface area contributed by atoms with E-state index >= 15 is 0 Å². The number of hydrogen-bond acceptors (Lipinski definition) is 8. The van der Waals surface area contributed by atoms with Crippen LogP contribution in [0.25, 0.3) is 0 Å². The lowest BCUT2D eigenvalue weighted by molar-refractivity contribution is -0.121. The van der Waals surface area contributed by atoms with E-state index in [-0.39, 0.29) is 11.9 Å². The molecule has 0 fully saturated rings. The second-order valence-corrected chi connectivity index (χ2v) is 12.8. The number of guanidine groups is 1. The number of nitrogens with one attached hydrogen (secondary N) is 4. The van der Waals surface area contributed by atoms with Crippen LogP contribution in [-0.4, -0.2) is 65.2 Å². The van der Waals surface area contributed by atoms with Gasteiger partial charge in [0.15, 0.2) is 5.50 Å². The van der Waals surface area contributed by atoms with E-state index in [0.29, 0.717) is 19.4 Å². The van der Waals surface area contributed by atoms with Gasteiger partial charge >= 0.3 is 18.3 Å². The fourth-order valence-corrected chi connectivity index (χ4v) is 3.29. The second-order valence-electron chi connectivity index (χ2n) is 11.8. The maximum Gasteiger partial charge on any atom is 0.437 e. The molecule has 0 saturated carbocycles. The number of ether oxygens (including phenoxy) is 3. The fraction of sp³-hybridized carbons (Fsp3) is 0.808. The predicted octanol–water partition coefficient (Wildman–Crippen LogP) is 5.02. The largest absolute Gasteiger partial charge is 0.444 e. The maximum atomic E-state index is 12.2. The number of rotatable bonds is 11. The molecule has 0 aromatic carbocycles. The van der Waals surface area contributed by atoms with Crippen molar-refractivity contribution >= 4 is 41.9 Å². The van der Waals surface area contributed by atoms with Gasteiger partial charge in [0.1, 0.15) is 16.8 Å². The van der Waals surface area contributed by atoms with Gasteiger partial charge in [-0.1, -0.05) is 19.3 Å². The smallest absolute Gasteiger partial charge is 0.437 e. The lowest BCUT2D eigenvalue weighted by Gasteiger charge is -2.23. The number of amides is 4. The minimum absolute atomic E-state index is 0.0430. The van der Waals surface area contributed by atoms with E-state index in [1.165, 1.54) is 11.8 Å². The molecule has 0 aliphatic heterocycles. The van der Waals surface area contributed by atoms with Crippen molar-refractivity contribution in [3.05, 3.63) is 0 Å². The molecule has 39 heavy (non-hydrogen) atoms. The molecule has 0 saturated heterocycles. The van der Waals surface area contributed by atoms with Crippen molar-refractivity contribution in [3.63, 3.8) is 0 Å². The van der Waals surface area contributed by atoms with Crippen molar-refractivity contribution in [2.75, 3.05) is 12.8 Å². The molecule has 0 aromatic heterocycles. The topological polar surface area (TPSA) is 156 Å². The summed E-state index contributed by atoms with van der Waals surface area (Å²) >= 11 is 1.30. The molecule has 0 aliphatic rings. The number of carbonyl (C=O) groups is 4. The Morgan fingerprint density at radius 3 is 1.77 bits per heavy atom. The van der Waals surface area contributed by atoms with Crippen molar-refractivity contribution in [2.24, 2.45) is 4.99 Å². The number of aliphatic imine (C=N–C) groups is 1. The average Bonchev–Trinajstić information content (AvgIpc) is 2.70. The Bertz CT molecular complexity index is 830. The van der Waals surface area contributed by atoms with Gasteiger partial charge < -0.3 is 24.8 Å². The summed E-state index contributed by atoms with van der Waals surface area (Å²) in [5.41, 5.74) is -2.61.